The molecule has 0 atom stereocenters. The molecule has 0 aliphatic carbocycles. The first-order chi connectivity index (χ1) is 10.7. The van der Waals surface area contributed by atoms with Gasteiger partial charge in [-0.15, -0.1) is 0 Å². The molecule has 0 fully saturated rings. The smallest absolute Gasteiger partial charge is 0.137 e. The number of aryl methyl sites for hydroxylation is 1. The zero-order valence-electron chi connectivity index (χ0n) is 12.2. The molecule has 108 valence electrons. The van der Waals surface area contributed by atoms with Crippen molar-refractivity contribution in [2.24, 2.45) is 0 Å². The van der Waals surface area contributed by atoms with Crippen LogP contribution in [0.3, 0.4) is 0 Å². The van der Waals surface area contributed by atoms with Gasteiger partial charge in [-0.3, -0.25) is 4.98 Å². The van der Waals surface area contributed by atoms with Crippen LogP contribution in [0, 0.1) is 6.92 Å². The van der Waals surface area contributed by atoms with Crippen LogP contribution in [0.5, 0.6) is 5.75 Å². The Morgan fingerprint density at radius 2 is 1.55 bits per heavy atom. The first kappa shape index (κ1) is 13.3. The van der Waals surface area contributed by atoms with Gasteiger partial charge in [-0.1, -0.05) is 35.9 Å². The van der Waals surface area contributed by atoms with E-state index in [-0.39, 0.29) is 0 Å². The first-order valence-electron chi connectivity index (χ1n) is 7.01. The summed E-state index contributed by atoms with van der Waals surface area (Å²) >= 11 is 6.37. The van der Waals surface area contributed by atoms with Crippen LogP contribution in [-0.2, 0) is 0 Å². The van der Waals surface area contributed by atoms with Crippen LogP contribution >= 0.6 is 11.6 Å². The quantitative estimate of drug-likeness (QED) is 0.370. The van der Waals surface area contributed by atoms with E-state index in [9.17, 15) is 0 Å². The van der Waals surface area contributed by atoms with E-state index in [1.807, 2.05) is 49.4 Å². The van der Waals surface area contributed by atoms with Gasteiger partial charge in [0.25, 0.3) is 0 Å². The van der Waals surface area contributed by atoms with Gasteiger partial charge in [0.1, 0.15) is 10.9 Å². The zero-order chi connectivity index (χ0) is 15.3. The minimum absolute atomic E-state index is 0.505. The lowest BCUT2D eigenvalue weighted by atomic mass is 10.0. The van der Waals surface area contributed by atoms with E-state index < -0.39 is 0 Å². The van der Waals surface area contributed by atoms with E-state index in [1.165, 1.54) is 0 Å². The molecule has 0 unspecified atom stereocenters. The van der Waals surface area contributed by atoms with Crippen molar-refractivity contribution >= 4 is 44.2 Å². The number of aromatic nitrogens is 2. The van der Waals surface area contributed by atoms with E-state index >= 15 is 0 Å². The molecule has 2 aromatic carbocycles. The molecule has 3 nitrogen and oxygen atoms in total. The molecule has 2 heterocycles. The van der Waals surface area contributed by atoms with Crippen molar-refractivity contribution in [1.29, 1.82) is 0 Å². The second-order valence-corrected chi connectivity index (χ2v) is 5.61. The lowest BCUT2D eigenvalue weighted by Crippen LogP contribution is -1.93. The molecule has 0 bridgehead atoms. The largest absolute Gasteiger partial charge is 0.497 e. The molecule has 0 N–H and O–H groups in total. The Balaban J connectivity index is 2.26. The lowest BCUT2D eigenvalue weighted by Gasteiger charge is -2.10. The maximum absolute atomic E-state index is 6.37. The van der Waals surface area contributed by atoms with Crippen LogP contribution in [0.1, 0.15) is 5.69 Å². The standard InChI is InChI=1S/C18H13ClN2O/c1-10-15-9-11(22-2)7-8-13(15)17-16(20-10)12-5-3-4-6-14(12)18(19)21-17/h3-9H,1-2H3. The van der Waals surface area contributed by atoms with Crippen molar-refractivity contribution in [3.8, 4) is 5.75 Å². The highest BCUT2D eigenvalue weighted by Crippen LogP contribution is 2.34. The minimum Gasteiger partial charge on any atom is -0.497 e. The topological polar surface area (TPSA) is 35.0 Å². The predicted octanol–water partition coefficient (Wildman–Crippen LogP) is 4.91. The number of hydrogen-bond acceptors (Lipinski definition) is 3. The zero-order valence-corrected chi connectivity index (χ0v) is 13.0. The van der Waals surface area contributed by atoms with Crippen LogP contribution in [-0.4, -0.2) is 17.1 Å². The molecular formula is C18H13ClN2O. The van der Waals surface area contributed by atoms with Crippen molar-refractivity contribution < 1.29 is 4.74 Å². The molecule has 4 heteroatoms. The van der Waals surface area contributed by atoms with Gasteiger partial charge >= 0.3 is 0 Å². The number of fused-ring (bicyclic) bond motifs is 5. The van der Waals surface area contributed by atoms with Crippen LogP contribution in [0.15, 0.2) is 42.5 Å². The van der Waals surface area contributed by atoms with Gasteiger partial charge in [-0.25, -0.2) is 4.98 Å². The maximum atomic E-state index is 6.37. The average Bonchev–Trinajstić information content (AvgIpc) is 2.56. The first-order valence-corrected chi connectivity index (χ1v) is 7.39. The van der Waals surface area contributed by atoms with Crippen molar-refractivity contribution in [2.45, 2.75) is 6.92 Å². The van der Waals surface area contributed by atoms with Gasteiger partial charge in [-0.05, 0) is 25.1 Å². The predicted molar refractivity (Wildman–Crippen MR) is 90.8 cm³/mol. The van der Waals surface area contributed by atoms with E-state index in [0.717, 1.165) is 44.0 Å². The normalized spacial score (nSPS) is 11.4. The number of rotatable bonds is 1. The van der Waals surface area contributed by atoms with Crippen molar-refractivity contribution in [3.05, 3.63) is 53.3 Å². The summed E-state index contributed by atoms with van der Waals surface area (Å²) in [5.74, 6) is 0.809. The second kappa shape index (κ2) is 4.82. The Kier molecular flexibility index (Phi) is 2.91. The minimum atomic E-state index is 0.505. The Morgan fingerprint density at radius 1 is 0.864 bits per heavy atom. The fourth-order valence-corrected chi connectivity index (χ4v) is 3.14. The summed E-state index contributed by atoms with van der Waals surface area (Å²) in [6, 6.07) is 13.9. The van der Waals surface area contributed by atoms with Gasteiger partial charge in [0, 0.05) is 27.2 Å². The highest BCUT2D eigenvalue weighted by atomic mass is 35.5. The molecule has 0 saturated carbocycles. The van der Waals surface area contributed by atoms with E-state index in [4.69, 9.17) is 21.3 Å². The fraction of sp³-hybridized carbons (Fsp3) is 0.111. The fourth-order valence-electron chi connectivity index (χ4n) is 2.89. The third-order valence-corrected chi connectivity index (χ3v) is 4.28. The van der Waals surface area contributed by atoms with Gasteiger partial charge in [0.2, 0.25) is 0 Å². The van der Waals surface area contributed by atoms with Crippen LogP contribution in [0.4, 0.5) is 0 Å². The summed E-state index contributed by atoms with van der Waals surface area (Å²) in [6.07, 6.45) is 0. The number of benzene rings is 2. The van der Waals surface area contributed by atoms with E-state index in [1.54, 1.807) is 7.11 Å². The Bertz CT molecular complexity index is 1040. The monoisotopic (exact) mass is 308 g/mol. The summed E-state index contributed by atoms with van der Waals surface area (Å²) in [4.78, 5) is 9.36. The molecule has 0 aliphatic rings. The van der Waals surface area contributed by atoms with Gasteiger partial charge in [0.05, 0.1) is 18.1 Å². The molecule has 0 aliphatic heterocycles. The lowest BCUT2D eigenvalue weighted by molar-refractivity contribution is 0.415. The molecule has 0 saturated heterocycles. The molecule has 4 rings (SSSR count). The third-order valence-electron chi connectivity index (χ3n) is 3.99. The maximum Gasteiger partial charge on any atom is 0.137 e. The number of nitrogens with zero attached hydrogens (tertiary/aromatic N) is 2. The molecular weight excluding hydrogens is 296 g/mol. The summed E-state index contributed by atoms with van der Waals surface area (Å²) in [7, 11) is 1.66. The Hall–Kier alpha value is -2.39. The molecule has 0 spiro atoms. The summed E-state index contributed by atoms with van der Waals surface area (Å²) < 4.78 is 5.31. The van der Waals surface area contributed by atoms with Gasteiger partial charge in [-0.2, -0.15) is 0 Å². The number of pyridine rings is 2. The van der Waals surface area contributed by atoms with Crippen LogP contribution in [0.25, 0.3) is 32.6 Å². The number of hydrogen-bond donors (Lipinski definition) is 0. The van der Waals surface area contributed by atoms with Gasteiger partial charge in [0.15, 0.2) is 0 Å². The van der Waals surface area contributed by atoms with E-state index in [0.29, 0.717) is 5.15 Å². The summed E-state index contributed by atoms with van der Waals surface area (Å²) in [6.45, 7) is 2.00. The second-order valence-electron chi connectivity index (χ2n) is 5.25. The number of ether oxygens (including phenoxy) is 1. The van der Waals surface area contributed by atoms with Crippen molar-refractivity contribution in [2.75, 3.05) is 7.11 Å². The third kappa shape index (κ3) is 1.82. The molecule has 22 heavy (non-hydrogen) atoms. The van der Waals surface area contributed by atoms with E-state index in [2.05, 4.69) is 4.98 Å². The highest BCUT2D eigenvalue weighted by molar-refractivity contribution is 6.36. The average molecular weight is 309 g/mol. The summed E-state index contributed by atoms with van der Waals surface area (Å²) in [5.41, 5.74) is 2.66. The van der Waals surface area contributed by atoms with Crippen LogP contribution < -0.4 is 4.74 Å². The van der Waals surface area contributed by atoms with Crippen molar-refractivity contribution in [1.82, 2.24) is 9.97 Å². The highest BCUT2D eigenvalue weighted by Gasteiger charge is 2.13. The van der Waals surface area contributed by atoms with Crippen molar-refractivity contribution in [3.63, 3.8) is 0 Å². The molecule has 0 radical (unpaired) electrons. The number of halogens is 1. The SMILES string of the molecule is COc1ccc2c(c1)c(C)nc1c3ccccc3c(Cl)nc21. The summed E-state index contributed by atoms with van der Waals surface area (Å²) in [5, 5.41) is 4.53. The molecule has 2 aromatic heterocycles. The molecule has 0 amide bonds. The van der Waals surface area contributed by atoms with Crippen LogP contribution in [0.2, 0.25) is 5.15 Å². The Labute approximate surface area is 132 Å². The molecule has 4 aromatic rings. The number of methoxy groups -OCH3 is 1. The Morgan fingerprint density at radius 3 is 2.32 bits per heavy atom. The van der Waals surface area contributed by atoms with Gasteiger partial charge < -0.3 is 4.74 Å².